The monoisotopic (exact) mass is 275 g/mol. The van der Waals surface area contributed by atoms with Crippen LogP contribution in [0, 0.1) is 11.8 Å². The summed E-state index contributed by atoms with van der Waals surface area (Å²) in [4.78, 5) is 31.1. The minimum atomic E-state index is -0.713. The molecule has 0 unspecified atom stereocenters. The van der Waals surface area contributed by atoms with Crippen molar-refractivity contribution < 1.29 is 19.5 Å². The molecule has 0 fully saturated rings. The highest BCUT2D eigenvalue weighted by molar-refractivity contribution is 5.84. The lowest BCUT2D eigenvalue weighted by Crippen LogP contribution is -2.28. The highest BCUT2D eigenvalue weighted by atomic mass is 16.4. The van der Waals surface area contributed by atoms with Crippen LogP contribution < -0.4 is 5.32 Å². The van der Waals surface area contributed by atoms with Gasteiger partial charge >= 0.3 is 5.97 Å². The number of carboxylic acids is 1. The van der Waals surface area contributed by atoms with Gasteiger partial charge in [-0.1, -0.05) is 35.1 Å². The predicted molar refractivity (Wildman–Crippen MR) is 77.0 cm³/mol. The Hall–Kier alpha value is -1.39. The molecule has 1 amide bonds. The van der Waals surface area contributed by atoms with Gasteiger partial charge in [0, 0.05) is 12.8 Å². The molecule has 0 aromatic rings. The normalized spacial score (nSPS) is 9.21. The van der Waals surface area contributed by atoms with Crippen LogP contribution in [-0.4, -0.2) is 29.3 Å². The van der Waals surface area contributed by atoms with E-state index in [1.807, 2.05) is 27.7 Å². The van der Waals surface area contributed by atoms with E-state index in [1.54, 1.807) is 0 Å². The summed E-state index contributed by atoms with van der Waals surface area (Å²) in [6.45, 7) is 9.31. The molecule has 0 aliphatic heterocycles. The molecule has 114 valence electrons. The van der Waals surface area contributed by atoms with Gasteiger partial charge in [0.25, 0.3) is 0 Å². The van der Waals surface area contributed by atoms with Crippen LogP contribution >= 0.6 is 0 Å². The van der Waals surface area contributed by atoms with Gasteiger partial charge in [0.05, 0.1) is 6.54 Å². The van der Waals surface area contributed by atoms with E-state index < -0.39 is 5.97 Å². The van der Waals surface area contributed by atoms with Gasteiger partial charge < -0.3 is 10.4 Å². The third-order valence-electron chi connectivity index (χ3n) is 1.71. The molecular formula is C14H29NO4. The van der Waals surface area contributed by atoms with Crippen molar-refractivity contribution in [1.82, 2.24) is 5.32 Å². The van der Waals surface area contributed by atoms with Crippen molar-refractivity contribution in [1.29, 1.82) is 0 Å². The van der Waals surface area contributed by atoms with Crippen LogP contribution in [0.25, 0.3) is 0 Å². The molecule has 0 bridgehead atoms. The smallest absolute Gasteiger partial charge is 0.303 e. The molecule has 0 spiro atoms. The van der Waals surface area contributed by atoms with Crippen LogP contribution in [0.5, 0.6) is 0 Å². The number of rotatable bonds is 6. The Morgan fingerprint density at radius 3 is 1.63 bits per heavy atom. The van der Waals surface area contributed by atoms with Gasteiger partial charge in [0.2, 0.25) is 5.91 Å². The quantitative estimate of drug-likeness (QED) is 0.780. The highest BCUT2D eigenvalue weighted by Crippen LogP contribution is 1.97. The van der Waals surface area contributed by atoms with Crippen molar-refractivity contribution in [2.24, 2.45) is 11.8 Å². The number of ketones is 1. The molecule has 2 N–H and O–H groups in total. The maximum Gasteiger partial charge on any atom is 0.303 e. The Morgan fingerprint density at radius 2 is 1.42 bits per heavy atom. The van der Waals surface area contributed by atoms with Crippen molar-refractivity contribution in [3.05, 3.63) is 0 Å². The second-order valence-corrected chi connectivity index (χ2v) is 5.07. The number of carboxylic acid groups (broad SMARTS) is 1. The summed E-state index contributed by atoms with van der Waals surface area (Å²) >= 11 is 0. The maximum absolute atomic E-state index is 10.9. The summed E-state index contributed by atoms with van der Waals surface area (Å²) in [5.74, 6) is -0.147. The summed E-state index contributed by atoms with van der Waals surface area (Å²) in [5, 5.41) is 10.6. The second-order valence-electron chi connectivity index (χ2n) is 5.07. The van der Waals surface area contributed by atoms with E-state index >= 15 is 0 Å². The highest BCUT2D eigenvalue weighted by Gasteiger charge is 2.04. The van der Waals surface area contributed by atoms with Crippen LogP contribution in [0.1, 0.15) is 54.9 Å². The number of aliphatic carboxylic acids is 1. The topological polar surface area (TPSA) is 83.5 Å². The van der Waals surface area contributed by atoms with E-state index in [2.05, 4.69) is 5.32 Å². The van der Waals surface area contributed by atoms with Crippen LogP contribution in [-0.2, 0) is 14.4 Å². The lowest BCUT2D eigenvalue weighted by atomic mass is 10.1. The molecule has 0 aromatic heterocycles. The van der Waals surface area contributed by atoms with E-state index in [0.717, 1.165) is 0 Å². The first-order chi connectivity index (χ1) is 8.15. The first-order valence-corrected chi connectivity index (χ1v) is 6.13. The molecule has 0 rings (SSSR count). The number of hydrogen-bond donors (Lipinski definition) is 2. The molecule has 5 heteroatoms. The molecule has 0 radical (unpaired) electrons. The Balaban J connectivity index is -0.000000280. The molecule has 0 heterocycles. The van der Waals surface area contributed by atoms with Crippen molar-refractivity contribution in [2.45, 2.75) is 54.9 Å². The number of carbonyl (C=O) groups excluding carboxylic acids is 2. The average Bonchev–Trinajstić information content (AvgIpc) is 2.12. The number of nitrogens with one attached hydrogen (secondary N) is 1. The lowest BCUT2D eigenvalue weighted by Gasteiger charge is -2.04. The summed E-state index contributed by atoms with van der Waals surface area (Å²) in [7, 11) is 0. The molecule has 0 aliphatic rings. The largest absolute Gasteiger partial charge is 0.481 e. The fraction of sp³-hybridized carbons (Fsp3) is 0.786. The third kappa shape index (κ3) is 26.3. The standard InChI is InChI=1S/C8H15NO2.C5H10O2.CH4/c1-6(2)4-8(11)9-5-7(3)10;1-4(2)3-5(6)7;/h6H,4-5H2,1-3H3,(H,9,11);4H,3H2,1-2H3,(H,6,7);1H4. The van der Waals surface area contributed by atoms with Crippen LogP contribution in [0.4, 0.5) is 0 Å². The molecule has 0 aromatic carbocycles. The van der Waals surface area contributed by atoms with Crippen molar-refractivity contribution >= 4 is 17.7 Å². The van der Waals surface area contributed by atoms with Gasteiger partial charge in [-0.3, -0.25) is 14.4 Å². The average molecular weight is 275 g/mol. The maximum atomic E-state index is 10.9. The minimum Gasteiger partial charge on any atom is -0.481 e. The lowest BCUT2D eigenvalue weighted by molar-refractivity contribution is -0.137. The fourth-order valence-corrected chi connectivity index (χ4v) is 1.02. The van der Waals surface area contributed by atoms with Gasteiger partial charge in [-0.25, -0.2) is 0 Å². The zero-order valence-corrected chi connectivity index (χ0v) is 11.9. The SMILES string of the molecule is C.CC(=O)CNC(=O)CC(C)C.CC(C)CC(=O)O. The summed E-state index contributed by atoms with van der Waals surface area (Å²) in [6.07, 6.45) is 0.771. The zero-order chi connectivity index (χ0) is 14.7. The zero-order valence-electron chi connectivity index (χ0n) is 11.9. The van der Waals surface area contributed by atoms with E-state index in [-0.39, 0.29) is 38.0 Å². The number of Topliss-reactive ketones (excluding diaryl/α,β-unsaturated/α-hetero) is 1. The minimum absolute atomic E-state index is 0. The molecule has 19 heavy (non-hydrogen) atoms. The first-order valence-electron chi connectivity index (χ1n) is 6.13. The molecule has 0 atom stereocenters. The van der Waals surface area contributed by atoms with Crippen LogP contribution in [0.15, 0.2) is 0 Å². The first kappa shape index (κ1) is 22.8. The molecule has 0 saturated carbocycles. The summed E-state index contributed by atoms with van der Waals surface area (Å²) < 4.78 is 0. The second kappa shape index (κ2) is 13.1. The molecule has 0 saturated heterocycles. The Kier molecular flexibility index (Phi) is 15.6. The summed E-state index contributed by atoms with van der Waals surface area (Å²) in [6, 6.07) is 0. The van der Waals surface area contributed by atoms with Crippen LogP contribution in [0.2, 0.25) is 0 Å². The van der Waals surface area contributed by atoms with Gasteiger partial charge in [-0.2, -0.15) is 0 Å². The third-order valence-corrected chi connectivity index (χ3v) is 1.71. The number of hydrogen-bond acceptors (Lipinski definition) is 3. The Morgan fingerprint density at radius 1 is 1.00 bits per heavy atom. The molecular weight excluding hydrogens is 246 g/mol. The van der Waals surface area contributed by atoms with E-state index in [0.29, 0.717) is 12.3 Å². The molecule has 0 aliphatic carbocycles. The van der Waals surface area contributed by atoms with Gasteiger partial charge in [-0.15, -0.1) is 0 Å². The van der Waals surface area contributed by atoms with E-state index in [1.165, 1.54) is 6.92 Å². The van der Waals surface area contributed by atoms with Gasteiger partial charge in [-0.05, 0) is 18.8 Å². The van der Waals surface area contributed by atoms with Gasteiger partial charge in [0.15, 0.2) is 0 Å². The summed E-state index contributed by atoms with van der Waals surface area (Å²) in [5.41, 5.74) is 0. The predicted octanol–water partition coefficient (Wildman–Crippen LogP) is 2.49. The Labute approximate surface area is 116 Å². The molecule has 5 nitrogen and oxygen atoms in total. The van der Waals surface area contributed by atoms with E-state index in [9.17, 15) is 14.4 Å². The number of amides is 1. The van der Waals surface area contributed by atoms with Crippen LogP contribution in [0.3, 0.4) is 0 Å². The van der Waals surface area contributed by atoms with Crippen molar-refractivity contribution in [3.8, 4) is 0 Å². The van der Waals surface area contributed by atoms with E-state index in [4.69, 9.17) is 5.11 Å². The van der Waals surface area contributed by atoms with Gasteiger partial charge in [0.1, 0.15) is 5.78 Å². The fourth-order valence-electron chi connectivity index (χ4n) is 1.02. The van der Waals surface area contributed by atoms with Crippen molar-refractivity contribution in [2.75, 3.05) is 6.54 Å². The van der Waals surface area contributed by atoms with Crippen molar-refractivity contribution in [3.63, 3.8) is 0 Å². The Bertz CT molecular complexity index is 273. The number of carbonyl (C=O) groups is 3.